The Bertz CT molecular complexity index is 953. The highest BCUT2D eigenvalue weighted by Gasteiger charge is 2.81. The molecule has 0 amide bonds. The monoisotopic (exact) mass is 465 g/mol. The number of Topliss-reactive ketones (excluding diaryl/α,β-unsaturated/α-hetero) is 1. The average molecular weight is 466 g/mol. The minimum atomic E-state index is -2.11. The number of aliphatic hydroxyl groups excluding tert-OH is 1. The zero-order valence-electron chi connectivity index (χ0n) is 19.2. The molecule has 5 aliphatic rings. The molecule has 4 aliphatic carbocycles. The first-order valence-electron chi connectivity index (χ1n) is 11.6. The summed E-state index contributed by atoms with van der Waals surface area (Å²) in [6.07, 6.45) is 3.81. The maximum atomic E-state index is 17.4. The van der Waals surface area contributed by atoms with Crippen LogP contribution in [0.5, 0.6) is 0 Å². The van der Waals surface area contributed by atoms with Crippen molar-refractivity contribution < 1.29 is 23.5 Å². The summed E-state index contributed by atoms with van der Waals surface area (Å²) in [6.45, 7) is 6.91. The molecule has 32 heavy (non-hydrogen) atoms. The molecule has 176 valence electrons. The first-order chi connectivity index (χ1) is 14.9. The number of hydrogen-bond donors (Lipinski definition) is 2. The standard InChI is InChI=1S/C25H33F2NO3S/c1-21-6-5-15(29)7-16(21)17(26)8-18-22(2)9-14-11-28-13-24(14,20(31)12-32-4)23(22,3)10-19(30)25(18,21)27/h5-7,14,17-19,28,30H,8-13H2,1-4H3. The number of halogens is 2. The van der Waals surface area contributed by atoms with Gasteiger partial charge < -0.3 is 10.4 Å². The molecule has 2 N–H and O–H groups in total. The SMILES string of the molecule is CSCC(=O)C12CNCC1CC1(C)C3CC(F)C4=CC(=O)C=CC4(C)C3(F)C(O)CC12C. The molecule has 9 unspecified atom stereocenters. The number of alkyl halides is 2. The first kappa shape index (κ1) is 22.7. The van der Waals surface area contributed by atoms with Gasteiger partial charge in [0.1, 0.15) is 6.17 Å². The van der Waals surface area contributed by atoms with Crippen molar-refractivity contribution in [3.8, 4) is 0 Å². The number of hydrogen-bond acceptors (Lipinski definition) is 5. The van der Waals surface area contributed by atoms with Gasteiger partial charge in [0, 0.05) is 17.9 Å². The highest BCUT2D eigenvalue weighted by molar-refractivity contribution is 7.99. The molecule has 0 bridgehead atoms. The highest BCUT2D eigenvalue weighted by atomic mass is 32.2. The van der Waals surface area contributed by atoms with E-state index in [1.54, 1.807) is 6.92 Å². The van der Waals surface area contributed by atoms with E-state index in [4.69, 9.17) is 0 Å². The fourth-order valence-electron chi connectivity index (χ4n) is 8.90. The van der Waals surface area contributed by atoms with Crippen molar-refractivity contribution in [3.05, 3.63) is 23.8 Å². The van der Waals surface area contributed by atoms with Crippen LogP contribution in [0.1, 0.15) is 40.0 Å². The Morgan fingerprint density at radius 2 is 2.03 bits per heavy atom. The third-order valence-corrected chi connectivity index (χ3v) is 11.1. The zero-order valence-corrected chi connectivity index (χ0v) is 20.0. The lowest BCUT2D eigenvalue weighted by molar-refractivity contribution is -0.240. The number of nitrogens with one attached hydrogen (secondary N) is 1. The maximum absolute atomic E-state index is 17.4. The number of fused-ring (bicyclic) bond motifs is 7. The number of carbonyl (C=O) groups is 2. The van der Waals surface area contributed by atoms with Crippen molar-refractivity contribution in [3.63, 3.8) is 0 Å². The van der Waals surface area contributed by atoms with Crippen LogP contribution in [-0.4, -0.2) is 59.7 Å². The molecule has 1 saturated heterocycles. The Balaban J connectivity index is 1.69. The Morgan fingerprint density at radius 3 is 2.72 bits per heavy atom. The highest BCUT2D eigenvalue weighted by Crippen LogP contribution is 2.78. The van der Waals surface area contributed by atoms with Gasteiger partial charge >= 0.3 is 0 Å². The summed E-state index contributed by atoms with van der Waals surface area (Å²) in [5, 5.41) is 14.9. The topological polar surface area (TPSA) is 66.4 Å². The minimum absolute atomic E-state index is 0.0398. The van der Waals surface area contributed by atoms with E-state index >= 15 is 8.78 Å². The van der Waals surface area contributed by atoms with E-state index in [9.17, 15) is 14.7 Å². The number of allylic oxidation sites excluding steroid dienone is 4. The van der Waals surface area contributed by atoms with E-state index in [-0.39, 0.29) is 35.9 Å². The molecule has 4 nitrogen and oxygen atoms in total. The van der Waals surface area contributed by atoms with Gasteiger partial charge in [-0.1, -0.05) is 19.9 Å². The first-order valence-corrected chi connectivity index (χ1v) is 13.0. The summed E-state index contributed by atoms with van der Waals surface area (Å²) in [7, 11) is 0. The third kappa shape index (κ3) is 2.26. The fraction of sp³-hybridized carbons (Fsp3) is 0.760. The fourth-order valence-corrected chi connectivity index (χ4v) is 9.42. The van der Waals surface area contributed by atoms with Crippen molar-refractivity contribution in [1.82, 2.24) is 5.32 Å². The van der Waals surface area contributed by atoms with Crippen LogP contribution < -0.4 is 5.32 Å². The minimum Gasteiger partial charge on any atom is -0.390 e. The van der Waals surface area contributed by atoms with Crippen molar-refractivity contribution in [2.24, 2.45) is 33.5 Å². The van der Waals surface area contributed by atoms with Crippen LogP contribution in [0.15, 0.2) is 23.8 Å². The molecule has 0 aromatic carbocycles. The summed E-state index contributed by atoms with van der Waals surface area (Å²) in [5.74, 6) is -0.521. The summed E-state index contributed by atoms with van der Waals surface area (Å²) in [5.41, 5.74) is -5.36. The van der Waals surface area contributed by atoms with E-state index in [1.807, 2.05) is 20.1 Å². The van der Waals surface area contributed by atoms with Crippen LogP contribution in [0.25, 0.3) is 0 Å². The molecule has 5 rings (SSSR count). The van der Waals surface area contributed by atoms with Crippen LogP contribution in [0.2, 0.25) is 0 Å². The predicted molar refractivity (Wildman–Crippen MR) is 121 cm³/mol. The van der Waals surface area contributed by atoms with Gasteiger partial charge in [-0.05, 0) is 73.5 Å². The molecule has 7 heteroatoms. The maximum Gasteiger partial charge on any atom is 0.178 e. The zero-order chi connectivity index (χ0) is 23.3. The van der Waals surface area contributed by atoms with Gasteiger partial charge in [0.15, 0.2) is 17.2 Å². The number of aliphatic hydroxyl groups is 1. The summed E-state index contributed by atoms with van der Waals surface area (Å²) in [6, 6.07) is 0. The Morgan fingerprint density at radius 1 is 1.31 bits per heavy atom. The van der Waals surface area contributed by atoms with Crippen LogP contribution in [0.3, 0.4) is 0 Å². The van der Waals surface area contributed by atoms with Gasteiger partial charge in [0.05, 0.1) is 17.3 Å². The molecular formula is C25H33F2NO3S. The van der Waals surface area contributed by atoms with E-state index in [2.05, 4.69) is 5.32 Å². The van der Waals surface area contributed by atoms with Crippen molar-refractivity contribution in [2.45, 2.75) is 58.0 Å². The van der Waals surface area contributed by atoms with Crippen molar-refractivity contribution in [1.29, 1.82) is 0 Å². The lowest BCUT2D eigenvalue weighted by Gasteiger charge is -2.67. The van der Waals surface area contributed by atoms with Gasteiger partial charge in [0.2, 0.25) is 0 Å². The molecule has 1 aliphatic heterocycles. The van der Waals surface area contributed by atoms with Gasteiger partial charge in [-0.25, -0.2) is 8.78 Å². The molecule has 0 aromatic heterocycles. The largest absolute Gasteiger partial charge is 0.390 e. The molecule has 4 fully saturated rings. The second-order valence-electron chi connectivity index (χ2n) is 11.4. The van der Waals surface area contributed by atoms with E-state index in [0.717, 1.165) is 0 Å². The van der Waals surface area contributed by atoms with Crippen LogP contribution in [-0.2, 0) is 9.59 Å². The van der Waals surface area contributed by atoms with Crippen LogP contribution in [0.4, 0.5) is 8.78 Å². The van der Waals surface area contributed by atoms with Gasteiger partial charge in [-0.15, -0.1) is 0 Å². The van der Waals surface area contributed by atoms with Gasteiger partial charge in [-0.3, -0.25) is 9.59 Å². The van der Waals surface area contributed by atoms with Crippen LogP contribution >= 0.6 is 11.8 Å². The summed E-state index contributed by atoms with van der Waals surface area (Å²) in [4.78, 5) is 25.6. The predicted octanol–water partition coefficient (Wildman–Crippen LogP) is 3.44. The van der Waals surface area contributed by atoms with E-state index < -0.39 is 45.5 Å². The lowest BCUT2D eigenvalue weighted by atomic mass is 9.38. The third-order valence-electron chi connectivity index (χ3n) is 10.6. The molecule has 3 saturated carbocycles. The number of carbonyl (C=O) groups excluding carboxylic acids is 2. The summed E-state index contributed by atoms with van der Waals surface area (Å²) >= 11 is 1.49. The molecule has 0 spiro atoms. The molecule has 9 atom stereocenters. The Hall–Kier alpha value is -1.05. The smallest absolute Gasteiger partial charge is 0.178 e. The molecule has 0 aromatic rings. The number of rotatable bonds is 3. The second-order valence-corrected chi connectivity index (χ2v) is 12.3. The average Bonchev–Trinajstić information content (AvgIpc) is 3.22. The lowest BCUT2D eigenvalue weighted by Crippen LogP contribution is -2.72. The summed E-state index contributed by atoms with van der Waals surface area (Å²) < 4.78 is 33.0. The molecule has 0 radical (unpaired) electrons. The normalized spacial score (nSPS) is 53.8. The van der Waals surface area contributed by atoms with Gasteiger partial charge in [-0.2, -0.15) is 11.8 Å². The van der Waals surface area contributed by atoms with Crippen molar-refractivity contribution in [2.75, 3.05) is 25.1 Å². The Labute approximate surface area is 192 Å². The Kier molecular flexibility index (Phi) is 4.80. The number of thioether (sulfide) groups is 1. The van der Waals surface area contributed by atoms with E-state index in [0.29, 0.717) is 25.3 Å². The van der Waals surface area contributed by atoms with Gasteiger partial charge in [0.25, 0.3) is 0 Å². The number of ketones is 2. The quantitative estimate of drug-likeness (QED) is 0.669. The second kappa shape index (κ2) is 6.76. The molecule has 1 heterocycles. The van der Waals surface area contributed by atoms with Crippen molar-refractivity contribution >= 4 is 23.3 Å². The van der Waals surface area contributed by atoms with E-state index in [1.165, 1.54) is 30.0 Å². The van der Waals surface area contributed by atoms with Crippen LogP contribution in [0, 0.1) is 33.5 Å². The molecular weight excluding hydrogens is 432 g/mol.